The van der Waals surface area contributed by atoms with Crippen molar-refractivity contribution in [1.82, 2.24) is 39.9 Å². The van der Waals surface area contributed by atoms with Crippen molar-refractivity contribution in [3.8, 4) is 67.9 Å². The number of aromatic nitrogens is 8. The molecule has 0 unspecified atom stereocenters. The maximum Gasteiger partial charge on any atom is 0.227 e. The fourth-order valence-electron chi connectivity index (χ4n) is 8.86. The first-order valence-electron chi connectivity index (χ1n) is 20.8. The lowest BCUT2D eigenvalue weighted by Gasteiger charge is -2.13. The maximum atomic E-state index is 6.68. The standard InChI is InChI=1S/C54H30N8O2/c1-2-9-33(10-3-1)54-59-44-25-26-45-46(50(44)64-54)39-14-6-13-38(49(39)63-45)37-24-23-34(35-11-4-5-12-36(35)37)31-19-21-32(22-20-31)51-60-52(40-15-7-17-42-47(40)57-29-27-55-42)62-53(61-51)41-16-8-18-43-48(41)58-30-28-56-43/h1-30H. The fourth-order valence-corrected chi connectivity index (χ4v) is 8.86. The summed E-state index contributed by atoms with van der Waals surface area (Å²) in [4.78, 5) is 38.3. The van der Waals surface area contributed by atoms with Gasteiger partial charge in [-0.25, -0.2) is 19.9 Å². The summed E-state index contributed by atoms with van der Waals surface area (Å²) in [7, 11) is 0. The lowest BCUT2D eigenvalue weighted by atomic mass is 9.91. The summed E-state index contributed by atoms with van der Waals surface area (Å²) in [5.41, 5.74) is 13.5. The van der Waals surface area contributed by atoms with E-state index in [0.29, 0.717) is 40.0 Å². The molecule has 0 radical (unpaired) electrons. The number of hydrogen-bond donors (Lipinski definition) is 0. The van der Waals surface area contributed by atoms with E-state index < -0.39 is 0 Å². The minimum Gasteiger partial charge on any atom is -0.455 e. The Morgan fingerprint density at radius 3 is 1.61 bits per heavy atom. The number of benzene rings is 8. The zero-order valence-electron chi connectivity index (χ0n) is 33.7. The monoisotopic (exact) mass is 822 g/mol. The number of nitrogens with zero attached hydrogens (tertiary/aromatic N) is 8. The van der Waals surface area contributed by atoms with E-state index in [2.05, 4.69) is 98.8 Å². The summed E-state index contributed by atoms with van der Waals surface area (Å²) in [6.45, 7) is 0. The first kappa shape index (κ1) is 35.7. The number of oxazole rings is 1. The van der Waals surface area contributed by atoms with Gasteiger partial charge in [0.2, 0.25) is 5.89 Å². The molecule has 0 fully saturated rings. The van der Waals surface area contributed by atoms with Crippen LogP contribution < -0.4 is 0 Å². The van der Waals surface area contributed by atoms with Crippen molar-refractivity contribution in [1.29, 1.82) is 0 Å². The molecule has 64 heavy (non-hydrogen) atoms. The molecule has 13 aromatic rings. The van der Waals surface area contributed by atoms with Crippen LogP contribution in [0.5, 0.6) is 0 Å². The number of hydrogen-bond acceptors (Lipinski definition) is 10. The van der Waals surface area contributed by atoms with Gasteiger partial charge < -0.3 is 8.83 Å². The van der Waals surface area contributed by atoms with Gasteiger partial charge in [0.1, 0.15) is 16.7 Å². The largest absolute Gasteiger partial charge is 0.455 e. The molecule has 10 heteroatoms. The Morgan fingerprint density at radius 1 is 0.312 bits per heavy atom. The molecule has 5 aromatic heterocycles. The summed E-state index contributed by atoms with van der Waals surface area (Å²) in [6.07, 6.45) is 6.73. The molecule has 0 atom stereocenters. The molecule has 10 nitrogen and oxygen atoms in total. The third-order valence-electron chi connectivity index (χ3n) is 11.8. The normalized spacial score (nSPS) is 11.8. The third kappa shape index (κ3) is 5.74. The first-order chi connectivity index (χ1) is 31.7. The van der Waals surface area contributed by atoms with E-state index in [1.54, 1.807) is 24.8 Å². The van der Waals surface area contributed by atoms with E-state index in [1.807, 2.05) is 78.9 Å². The van der Waals surface area contributed by atoms with Crippen LogP contribution >= 0.6 is 0 Å². The topological polar surface area (TPSA) is 129 Å². The molecule has 0 aliphatic carbocycles. The molecule has 0 saturated carbocycles. The average molecular weight is 823 g/mol. The number of para-hydroxylation sites is 3. The number of furan rings is 1. The van der Waals surface area contributed by atoms with Crippen LogP contribution in [0.2, 0.25) is 0 Å². The Morgan fingerprint density at radius 2 is 0.891 bits per heavy atom. The molecule has 13 rings (SSSR count). The van der Waals surface area contributed by atoms with Gasteiger partial charge in [0, 0.05) is 58.0 Å². The molecule has 0 N–H and O–H groups in total. The van der Waals surface area contributed by atoms with Crippen LogP contribution in [0, 0.1) is 0 Å². The molecule has 298 valence electrons. The van der Waals surface area contributed by atoms with Crippen LogP contribution in [0.1, 0.15) is 0 Å². The molecule has 0 amide bonds. The van der Waals surface area contributed by atoms with Crippen molar-refractivity contribution in [2.75, 3.05) is 0 Å². The van der Waals surface area contributed by atoms with Crippen molar-refractivity contribution < 1.29 is 8.83 Å². The highest BCUT2D eigenvalue weighted by molar-refractivity contribution is 6.20. The van der Waals surface area contributed by atoms with Gasteiger partial charge in [-0.2, -0.15) is 0 Å². The summed E-state index contributed by atoms with van der Waals surface area (Å²) < 4.78 is 13.1. The molecular formula is C54H30N8O2. The summed E-state index contributed by atoms with van der Waals surface area (Å²) in [6, 6.07) is 53.2. The van der Waals surface area contributed by atoms with Gasteiger partial charge in [0.25, 0.3) is 0 Å². The molecule has 0 aliphatic rings. The quantitative estimate of drug-likeness (QED) is 0.160. The molecule has 0 bridgehead atoms. The van der Waals surface area contributed by atoms with E-state index in [-0.39, 0.29) is 0 Å². The molecule has 8 aromatic carbocycles. The lowest BCUT2D eigenvalue weighted by molar-refractivity contribution is 0.622. The number of rotatable bonds is 6. The lowest BCUT2D eigenvalue weighted by Crippen LogP contribution is -2.02. The van der Waals surface area contributed by atoms with Gasteiger partial charge in [0.05, 0.1) is 27.5 Å². The Balaban J connectivity index is 0.915. The highest BCUT2D eigenvalue weighted by atomic mass is 16.4. The minimum atomic E-state index is 0.485. The Bertz CT molecular complexity index is 3870. The summed E-state index contributed by atoms with van der Waals surface area (Å²) >= 11 is 0. The predicted molar refractivity (Wildman–Crippen MR) is 251 cm³/mol. The van der Waals surface area contributed by atoms with Crippen molar-refractivity contribution in [2.45, 2.75) is 0 Å². The van der Waals surface area contributed by atoms with Crippen LogP contribution in [-0.4, -0.2) is 39.9 Å². The average Bonchev–Trinajstić information content (AvgIpc) is 3.98. The van der Waals surface area contributed by atoms with Gasteiger partial charge in [-0.1, -0.05) is 109 Å². The molecule has 5 heterocycles. The van der Waals surface area contributed by atoms with Crippen LogP contribution in [-0.2, 0) is 0 Å². The van der Waals surface area contributed by atoms with Gasteiger partial charge >= 0.3 is 0 Å². The van der Waals surface area contributed by atoms with Crippen LogP contribution in [0.15, 0.2) is 191 Å². The zero-order valence-corrected chi connectivity index (χ0v) is 33.7. The summed E-state index contributed by atoms with van der Waals surface area (Å²) in [5.74, 6) is 2.07. The van der Waals surface area contributed by atoms with E-state index in [1.165, 1.54) is 0 Å². The van der Waals surface area contributed by atoms with E-state index in [9.17, 15) is 0 Å². The van der Waals surface area contributed by atoms with Gasteiger partial charge in [-0.3, -0.25) is 19.9 Å². The second-order valence-electron chi connectivity index (χ2n) is 15.5. The Hall–Kier alpha value is -9.02. The van der Waals surface area contributed by atoms with Crippen molar-refractivity contribution in [3.05, 3.63) is 183 Å². The molecular weight excluding hydrogens is 793 g/mol. The highest BCUT2D eigenvalue weighted by Crippen LogP contribution is 2.43. The minimum absolute atomic E-state index is 0.485. The van der Waals surface area contributed by atoms with E-state index >= 15 is 0 Å². The van der Waals surface area contributed by atoms with E-state index in [0.717, 1.165) is 93.8 Å². The second-order valence-corrected chi connectivity index (χ2v) is 15.5. The second kappa shape index (κ2) is 14.3. The van der Waals surface area contributed by atoms with Crippen molar-refractivity contribution >= 4 is 65.9 Å². The molecule has 0 aliphatic heterocycles. The third-order valence-corrected chi connectivity index (χ3v) is 11.8. The molecule has 0 spiro atoms. The van der Waals surface area contributed by atoms with Crippen LogP contribution in [0.4, 0.5) is 0 Å². The van der Waals surface area contributed by atoms with Crippen molar-refractivity contribution in [3.63, 3.8) is 0 Å². The van der Waals surface area contributed by atoms with Crippen molar-refractivity contribution in [2.24, 2.45) is 0 Å². The smallest absolute Gasteiger partial charge is 0.227 e. The molecule has 0 saturated heterocycles. The maximum absolute atomic E-state index is 6.68. The highest BCUT2D eigenvalue weighted by Gasteiger charge is 2.21. The summed E-state index contributed by atoms with van der Waals surface area (Å²) in [5, 5.41) is 4.12. The van der Waals surface area contributed by atoms with Gasteiger partial charge in [-0.05, 0) is 76.0 Å². The predicted octanol–water partition coefficient (Wildman–Crippen LogP) is 13.0. The van der Waals surface area contributed by atoms with Gasteiger partial charge in [-0.15, -0.1) is 0 Å². The SMILES string of the molecule is c1ccc(-c2nc3ccc4oc5c(-c6ccc(-c7ccc(-c8nc(-c9cccc%10nccnc9%10)nc(-c9cccc%10nccnc9%10)n8)cc7)c7ccccc67)cccc5c4c3o2)cc1. The van der Waals surface area contributed by atoms with Gasteiger partial charge in [0.15, 0.2) is 23.1 Å². The van der Waals surface area contributed by atoms with E-state index in [4.69, 9.17) is 28.8 Å². The number of fused-ring (bicyclic) bond motifs is 8. The van der Waals surface area contributed by atoms with Crippen LogP contribution in [0.25, 0.3) is 134 Å². The first-order valence-corrected chi connectivity index (χ1v) is 20.8. The van der Waals surface area contributed by atoms with Crippen LogP contribution in [0.3, 0.4) is 0 Å². The Labute approximate surface area is 363 Å². The zero-order chi connectivity index (χ0) is 42.1. The fraction of sp³-hybridized carbons (Fsp3) is 0. The Kier molecular flexibility index (Phi) is 7.97.